The van der Waals surface area contributed by atoms with Gasteiger partial charge in [-0.3, -0.25) is 0 Å². The van der Waals surface area contributed by atoms with Crippen LogP contribution in [0.3, 0.4) is 0 Å². The van der Waals surface area contributed by atoms with Gasteiger partial charge in [-0.1, -0.05) is 6.92 Å². The van der Waals surface area contributed by atoms with Crippen LogP contribution in [0.1, 0.15) is 32.0 Å². The number of hydrogen-bond acceptors (Lipinski definition) is 3. The van der Waals surface area contributed by atoms with Gasteiger partial charge in [0.2, 0.25) is 0 Å². The molecule has 0 N–H and O–H groups in total. The number of fused-ring (bicyclic) bond motifs is 1. The fourth-order valence-corrected chi connectivity index (χ4v) is 4.00. The summed E-state index contributed by atoms with van der Waals surface area (Å²) in [7, 11) is 0. The molecule has 1 unspecified atom stereocenters. The molecule has 0 aliphatic carbocycles. The van der Waals surface area contributed by atoms with E-state index >= 15 is 0 Å². The minimum Gasteiger partial charge on any atom is -0.313 e. The standard InChI is InChI=1S/C15H21N3S/c1-2-8-18-14(10-12-5-4-9-19-11-12)17-13-6-3-7-16-15(13)18/h3,6-7,12H,2,4-5,8-11H2,1H3. The van der Waals surface area contributed by atoms with Crippen molar-refractivity contribution in [3.63, 3.8) is 0 Å². The Hall–Kier alpha value is -1.03. The van der Waals surface area contributed by atoms with Crippen molar-refractivity contribution in [1.82, 2.24) is 14.5 Å². The third-order valence-corrected chi connectivity index (χ3v) is 5.04. The second-order valence-electron chi connectivity index (χ2n) is 5.31. The average Bonchev–Trinajstić information content (AvgIpc) is 2.79. The predicted molar refractivity (Wildman–Crippen MR) is 81.6 cm³/mol. The summed E-state index contributed by atoms with van der Waals surface area (Å²) in [6.45, 7) is 3.25. The van der Waals surface area contributed by atoms with Crippen LogP contribution < -0.4 is 0 Å². The topological polar surface area (TPSA) is 30.7 Å². The summed E-state index contributed by atoms with van der Waals surface area (Å²) in [5, 5.41) is 0. The molecular weight excluding hydrogens is 254 g/mol. The van der Waals surface area contributed by atoms with Crippen LogP contribution in [0, 0.1) is 5.92 Å². The molecule has 1 atom stereocenters. The Labute approximate surface area is 118 Å². The van der Waals surface area contributed by atoms with Gasteiger partial charge in [0.1, 0.15) is 11.3 Å². The summed E-state index contributed by atoms with van der Waals surface area (Å²) >= 11 is 2.10. The fraction of sp³-hybridized carbons (Fsp3) is 0.600. The summed E-state index contributed by atoms with van der Waals surface area (Å²) < 4.78 is 2.33. The van der Waals surface area contributed by atoms with Gasteiger partial charge in [-0.15, -0.1) is 0 Å². The Morgan fingerprint density at radius 1 is 1.47 bits per heavy atom. The maximum absolute atomic E-state index is 4.82. The van der Waals surface area contributed by atoms with Gasteiger partial charge in [-0.25, -0.2) is 9.97 Å². The number of hydrogen-bond donors (Lipinski definition) is 0. The molecule has 0 aromatic carbocycles. The molecule has 1 aliphatic rings. The summed E-state index contributed by atoms with van der Waals surface area (Å²) in [4.78, 5) is 9.33. The Balaban J connectivity index is 1.90. The van der Waals surface area contributed by atoms with Gasteiger partial charge in [0.05, 0.1) is 0 Å². The zero-order valence-corrected chi connectivity index (χ0v) is 12.3. The molecule has 0 bridgehead atoms. The van der Waals surface area contributed by atoms with E-state index in [1.165, 1.54) is 30.2 Å². The van der Waals surface area contributed by atoms with E-state index in [1.54, 1.807) is 0 Å². The van der Waals surface area contributed by atoms with Crippen LogP contribution in [-0.2, 0) is 13.0 Å². The number of nitrogens with zero attached hydrogens (tertiary/aromatic N) is 3. The van der Waals surface area contributed by atoms with Gasteiger partial charge >= 0.3 is 0 Å². The monoisotopic (exact) mass is 275 g/mol. The average molecular weight is 275 g/mol. The highest BCUT2D eigenvalue weighted by atomic mass is 32.2. The highest BCUT2D eigenvalue weighted by Gasteiger charge is 2.18. The number of thioether (sulfide) groups is 1. The Bertz CT molecular complexity index is 543. The summed E-state index contributed by atoms with van der Waals surface area (Å²) in [5.74, 6) is 4.67. The molecule has 102 valence electrons. The van der Waals surface area contributed by atoms with Crippen LogP contribution in [0.4, 0.5) is 0 Å². The molecule has 0 saturated carbocycles. The van der Waals surface area contributed by atoms with E-state index in [1.807, 2.05) is 12.3 Å². The normalized spacial score (nSPS) is 19.9. The SMILES string of the molecule is CCCn1c(CC2CCCSC2)nc2cccnc21. The summed E-state index contributed by atoms with van der Waals surface area (Å²) in [5.41, 5.74) is 2.11. The molecular formula is C15H21N3S. The molecule has 19 heavy (non-hydrogen) atoms. The molecule has 2 aromatic rings. The van der Waals surface area contributed by atoms with E-state index in [-0.39, 0.29) is 0 Å². The number of rotatable bonds is 4. The van der Waals surface area contributed by atoms with Crippen LogP contribution in [0.25, 0.3) is 11.2 Å². The van der Waals surface area contributed by atoms with E-state index in [2.05, 4.69) is 34.3 Å². The van der Waals surface area contributed by atoms with Crippen molar-refractivity contribution < 1.29 is 0 Å². The highest BCUT2D eigenvalue weighted by molar-refractivity contribution is 7.99. The smallest absolute Gasteiger partial charge is 0.159 e. The van der Waals surface area contributed by atoms with Crippen molar-refractivity contribution in [3.05, 3.63) is 24.2 Å². The third kappa shape index (κ3) is 2.78. The van der Waals surface area contributed by atoms with Crippen LogP contribution in [-0.4, -0.2) is 26.0 Å². The minimum atomic E-state index is 0.797. The first-order chi connectivity index (χ1) is 9.38. The predicted octanol–water partition coefficient (Wildman–Crippen LogP) is 3.53. The van der Waals surface area contributed by atoms with E-state index in [4.69, 9.17) is 4.98 Å². The summed E-state index contributed by atoms with van der Waals surface area (Å²) in [6.07, 6.45) is 6.84. The van der Waals surface area contributed by atoms with Gasteiger partial charge in [0, 0.05) is 19.2 Å². The fourth-order valence-electron chi connectivity index (χ4n) is 2.85. The first-order valence-electron chi connectivity index (χ1n) is 7.26. The van der Waals surface area contributed by atoms with Crippen molar-refractivity contribution in [2.24, 2.45) is 5.92 Å². The third-order valence-electron chi connectivity index (χ3n) is 3.76. The van der Waals surface area contributed by atoms with Crippen LogP contribution in [0.15, 0.2) is 18.3 Å². The molecule has 4 heteroatoms. The Morgan fingerprint density at radius 2 is 2.42 bits per heavy atom. The van der Waals surface area contributed by atoms with Gasteiger partial charge in [0.25, 0.3) is 0 Å². The maximum atomic E-state index is 4.82. The lowest BCUT2D eigenvalue weighted by atomic mass is 10.0. The van der Waals surface area contributed by atoms with E-state index < -0.39 is 0 Å². The molecule has 0 amide bonds. The van der Waals surface area contributed by atoms with Crippen molar-refractivity contribution >= 4 is 22.9 Å². The van der Waals surface area contributed by atoms with Crippen LogP contribution in [0.5, 0.6) is 0 Å². The number of imidazole rings is 1. The number of pyridine rings is 1. The Kier molecular flexibility index (Phi) is 4.06. The second-order valence-corrected chi connectivity index (χ2v) is 6.46. The van der Waals surface area contributed by atoms with E-state index in [0.717, 1.165) is 36.5 Å². The van der Waals surface area contributed by atoms with Gasteiger partial charge in [0.15, 0.2) is 5.65 Å². The van der Waals surface area contributed by atoms with Crippen LogP contribution in [0.2, 0.25) is 0 Å². The van der Waals surface area contributed by atoms with Crippen molar-refractivity contribution in [3.8, 4) is 0 Å². The van der Waals surface area contributed by atoms with E-state index in [9.17, 15) is 0 Å². The first kappa shape index (κ1) is 13.0. The molecule has 3 nitrogen and oxygen atoms in total. The lowest BCUT2D eigenvalue weighted by molar-refractivity contribution is 0.493. The van der Waals surface area contributed by atoms with Gasteiger partial charge in [-0.05, 0) is 48.8 Å². The maximum Gasteiger partial charge on any atom is 0.159 e. The van der Waals surface area contributed by atoms with Crippen molar-refractivity contribution in [2.45, 2.75) is 39.2 Å². The largest absolute Gasteiger partial charge is 0.313 e. The molecule has 2 aromatic heterocycles. The van der Waals surface area contributed by atoms with Crippen molar-refractivity contribution in [1.29, 1.82) is 0 Å². The molecule has 1 fully saturated rings. The quantitative estimate of drug-likeness (QED) is 0.855. The second kappa shape index (κ2) is 5.95. The van der Waals surface area contributed by atoms with Crippen LogP contribution >= 0.6 is 11.8 Å². The highest BCUT2D eigenvalue weighted by Crippen LogP contribution is 2.26. The summed E-state index contributed by atoms with van der Waals surface area (Å²) in [6, 6.07) is 4.06. The number of aromatic nitrogens is 3. The Morgan fingerprint density at radius 3 is 3.21 bits per heavy atom. The zero-order chi connectivity index (χ0) is 13.1. The van der Waals surface area contributed by atoms with Gasteiger partial charge < -0.3 is 4.57 Å². The molecule has 0 radical (unpaired) electrons. The lowest BCUT2D eigenvalue weighted by Crippen LogP contribution is -2.16. The number of aryl methyl sites for hydroxylation is 1. The molecule has 1 aliphatic heterocycles. The van der Waals surface area contributed by atoms with E-state index in [0.29, 0.717) is 0 Å². The minimum absolute atomic E-state index is 0.797. The molecule has 3 heterocycles. The van der Waals surface area contributed by atoms with Gasteiger partial charge in [-0.2, -0.15) is 11.8 Å². The molecule has 0 spiro atoms. The van der Waals surface area contributed by atoms with Crippen molar-refractivity contribution in [2.75, 3.05) is 11.5 Å². The lowest BCUT2D eigenvalue weighted by Gasteiger charge is -2.21. The zero-order valence-electron chi connectivity index (χ0n) is 11.5. The molecule has 3 rings (SSSR count). The first-order valence-corrected chi connectivity index (χ1v) is 8.42. The molecule has 1 saturated heterocycles.